The van der Waals surface area contributed by atoms with Crippen molar-refractivity contribution in [3.8, 4) is 5.69 Å². The van der Waals surface area contributed by atoms with E-state index in [9.17, 15) is 18.0 Å². The van der Waals surface area contributed by atoms with Crippen LogP contribution in [0, 0.1) is 0 Å². The van der Waals surface area contributed by atoms with E-state index in [-0.39, 0.29) is 17.2 Å². The van der Waals surface area contributed by atoms with E-state index in [1.54, 1.807) is 30.3 Å². The summed E-state index contributed by atoms with van der Waals surface area (Å²) in [6.45, 7) is 0. The van der Waals surface area contributed by atoms with E-state index in [2.05, 4.69) is 4.98 Å². The van der Waals surface area contributed by atoms with Crippen molar-refractivity contribution >= 4 is 11.7 Å². The Labute approximate surface area is 135 Å². The van der Waals surface area contributed by atoms with Gasteiger partial charge in [0.25, 0.3) is 0 Å². The van der Waals surface area contributed by atoms with E-state index >= 15 is 0 Å². The Morgan fingerprint density at radius 3 is 2.38 bits per heavy atom. The fourth-order valence-corrected chi connectivity index (χ4v) is 2.36. The highest BCUT2D eigenvalue weighted by Gasteiger charge is 2.32. The van der Waals surface area contributed by atoms with Gasteiger partial charge in [-0.25, -0.2) is 4.98 Å². The Morgan fingerprint density at radius 2 is 1.79 bits per heavy atom. The van der Waals surface area contributed by atoms with Crippen molar-refractivity contribution in [2.45, 2.75) is 6.18 Å². The van der Waals surface area contributed by atoms with Crippen molar-refractivity contribution in [2.24, 2.45) is 0 Å². The number of hydrogen-bond donors (Lipinski definition) is 1. The van der Waals surface area contributed by atoms with Crippen molar-refractivity contribution in [3.63, 3.8) is 0 Å². The average molecular weight is 331 g/mol. The Morgan fingerprint density at radius 1 is 1.08 bits per heavy atom. The maximum Gasteiger partial charge on any atom is 0.416 e. The van der Waals surface area contributed by atoms with E-state index < -0.39 is 17.5 Å². The molecule has 0 fully saturated rings. The number of ketones is 1. The van der Waals surface area contributed by atoms with E-state index in [4.69, 9.17) is 5.73 Å². The molecule has 0 saturated heterocycles. The number of nitrogens with two attached hydrogens (primary N) is 1. The normalized spacial score (nSPS) is 11.5. The lowest BCUT2D eigenvalue weighted by Crippen LogP contribution is -2.12. The van der Waals surface area contributed by atoms with E-state index in [0.717, 1.165) is 18.2 Å². The van der Waals surface area contributed by atoms with Crippen molar-refractivity contribution in [3.05, 3.63) is 77.6 Å². The van der Waals surface area contributed by atoms with Crippen LogP contribution in [0.25, 0.3) is 5.69 Å². The molecule has 1 heterocycles. The highest BCUT2D eigenvalue weighted by molar-refractivity contribution is 6.11. The molecule has 2 aromatic carbocycles. The third-order valence-corrected chi connectivity index (χ3v) is 3.53. The number of anilines is 1. The van der Waals surface area contributed by atoms with Gasteiger partial charge in [-0.05, 0) is 18.2 Å². The van der Waals surface area contributed by atoms with Gasteiger partial charge in [0.2, 0.25) is 5.95 Å². The molecule has 24 heavy (non-hydrogen) atoms. The molecular formula is C17H12F3N3O. The number of halogens is 3. The van der Waals surface area contributed by atoms with Crippen LogP contribution >= 0.6 is 0 Å². The van der Waals surface area contributed by atoms with Crippen LogP contribution in [0.4, 0.5) is 19.1 Å². The monoisotopic (exact) mass is 331 g/mol. The summed E-state index contributed by atoms with van der Waals surface area (Å²) in [4.78, 5) is 16.5. The Kier molecular flexibility index (Phi) is 3.84. The van der Waals surface area contributed by atoms with Crippen LogP contribution in [0.2, 0.25) is 0 Å². The molecule has 0 aliphatic carbocycles. The largest absolute Gasteiger partial charge is 0.416 e. The van der Waals surface area contributed by atoms with Gasteiger partial charge in [-0.1, -0.05) is 30.3 Å². The Balaban J connectivity index is 2.19. The summed E-state index contributed by atoms with van der Waals surface area (Å²) in [7, 11) is 0. The van der Waals surface area contributed by atoms with Gasteiger partial charge >= 0.3 is 6.18 Å². The SMILES string of the molecule is Nc1nccn1-c1cc(C(F)(F)F)ccc1C(=O)c1ccccc1. The zero-order valence-corrected chi connectivity index (χ0v) is 12.3. The first-order valence-electron chi connectivity index (χ1n) is 6.98. The molecule has 0 amide bonds. The molecule has 0 radical (unpaired) electrons. The Bertz CT molecular complexity index is 886. The first-order valence-corrected chi connectivity index (χ1v) is 6.98. The molecule has 7 heteroatoms. The molecular weight excluding hydrogens is 319 g/mol. The van der Waals surface area contributed by atoms with Crippen molar-refractivity contribution in [1.82, 2.24) is 9.55 Å². The second kappa shape index (κ2) is 5.84. The van der Waals surface area contributed by atoms with Gasteiger partial charge in [0, 0.05) is 23.5 Å². The number of imidazole rings is 1. The lowest BCUT2D eigenvalue weighted by molar-refractivity contribution is -0.137. The summed E-state index contributed by atoms with van der Waals surface area (Å²) in [6.07, 6.45) is -1.77. The van der Waals surface area contributed by atoms with Gasteiger partial charge in [-0.3, -0.25) is 9.36 Å². The van der Waals surface area contributed by atoms with Crippen LogP contribution in [-0.4, -0.2) is 15.3 Å². The van der Waals surface area contributed by atoms with Crippen LogP contribution in [0.1, 0.15) is 21.5 Å². The Hall–Kier alpha value is -3.09. The second-order valence-electron chi connectivity index (χ2n) is 5.08. The molecule has 3 aromatic rings. The molecule has 0 atom stereocenters. The third-order valence-electron chi connectivity index (χ3n) is 3.53. The summed E-state index contributed by atoms with van der Waals surface area (Å²) < 4.78 is 40.3. The lowest BCUT2D eigenvalue weighted by atomic mass is 9.99. The van der Waals surface area contributed by atoms with Gasteiger partial charge in [0.05, 0.1) is 11.3 Å². The van der Waals surface area contributed by atoms with Crippen LogP contribution in [0.5, 0.6) is 0 Å². The molecule has 0 saturated carbocycles. The summed E-state index contributed by atoms with van der Waals surface area (Å²) in [5.74, 6) is -0.399. The first-order chi connectivity index (χ1) is 11.4. The number of rotatable bonds is 3. The third kappa shape index (κ3) is 2.88. The van der Waals surface area contributed by atoms with Crippen LogP contribution in [0.15, 0.2) is 60.9 Å². The van der Waals surface area contributed by atoms with Gasteiger partial charge < -0.3 is 5.73 Å². The summed E-state index contributed by atoms with van der Waals surface area (Å²) >= 11 is 0. The first kappa shape index (κ1) is 15.8. The quantitative estimate of drug-likeness (QED) is 0.744. The summed E-state index contributed by atoms with van der Waals surface area (Å²) in [5, 5.41) is 0. The second-order valence-corrected chi connectivity index (χ2v) is 5.08. The molecule has 2 N–H and O–H groups in total. The molecule has 0 aliphatic heterocycles. The smallest absolute Gasteiger partial charge is 0.369 e. The molecule has 0 bridgehead atoms. The van der Waals surface area contributed by atoms with Crippen LogP contribution < -0.4 is 5.73 Å². The predicted octanol–water partition coefficient (Wildman–Crippen LogP) is 3.70. The average Bonchev–Trinajstić information content (AvgIpc) is 2.99. The molecule has 3 rings (SSSR count). The number of nitrogens with zero attached hydrogens (tertiary/aromatic N) is 2. The van der Waals surface area contributed by atoms with Crippen LogP contribution in [-0.2, 0) is 6.18 Å². The minimum absolute atomic E-state index is 0.00330. The highest BCUT2D eigenvalue weighted by Crippen LogP contribution is 2.32. The zero-order chi connectivity index (χ0) is 17.3. The summed E-state index contributed by atoms with van der Waals surface area (Å²) in [6, 6.07) is 11.2. The number of benzene rings is 2. The molecule has 0 spiro atoms. The van der Waals surface area contributed by atoms with E-state index in [1.807, 2.05) is 0 Å². The molecule has 1 aromatic heterocycles. The van der Waals surface area contributed by atoms with Gasteiger partial charge in [-0.2, -0.15) is 13.2 Å². The van der Waals surface area contributed by atoms with Crippen LogP contribution in [0.3, 0.4) is 0 Å². The van der Waals surface area contributed by atoms with Crippen molar-refractivity contribution < 1.29 is 18.0 Å². The number of carbonyl (C=O) groups is 1. The zero-order valence-electron chi connectivity index (χ0n) is 12.3. The minimum atomic E-state index is -4.53. The number of nitrogen functional groups attached to an aromatic ring is 1. The maximum atomic E-state index is 13.0. The van der Waals surface area contributed by atoms with Gasteiger partial charge in [-0.15, -0.1) is 0 Å². The van der Waals surface area contributed by atoms with Crippen molar-refractivity contribution in [1.29, 1.82) is 0 Å². The highest BCUT2D eigenvalue weighted by atomic mass is 19.4. The molecule has 0 unspecified atom stereocenters. The molecule has 122 valence electrons. The fraction of sp³-hybridized carbons (Fsp3) is 0.0588. The fourth-order valence-electron chi connectivity index (χ4n) is 2.36. The number of aromatic nitrogens is 2. The number of carbonyl (C=O) groups excluding carboxylic acids is 1. The van der Waals surface area contributed by atoms with E-state index in [0.29, 0.717) is 5.56 Å². The predicted molar refractivity (Wildman–Crippen MR) is 82.9 cm³/mol. The van der Waals surface area contributed by atoms with Gasteiger partial charge in [0.1, 0.15) is 0 Å². The number of hydrogen-bond acceptors (Lipinski definition) is 3. The number of alkyl halides is 3. The summed E-state index contributed by atoms with van der Waals surface area (Å²) in [5.41, 5.74) is 5.35. The van der Waals surface area contributed by atoms with Crippen molar-refractivity contribution in [2.75, 3.05) is 5.73 Å². The maximum absolute atomic E-state index is 13.0. The minimum Gasteiger partial charge on any atom is -0.369 e. The molecule has 0 aliphatic rings. The lowest BCUT2D eigenvalue weighted by Gasteiger charge is -2.14. The van der Waals surface area contributed by atoms with Gasteiger partial charge in [0.15, 0.2) is 5.78 Å². The standard InChI is InChI=1S/C17H12F3N3O/c18-17(19,20)12-6-7-13(15(24)11-4-2-1-3-5-11)14(10-12)23-9-8-22-16(23)21/h1-10H,(H2,21,22). The molecule has 4 nitrogen and oxygen atoms in total. The van der Waals surface area contributed by atoms with E-state index in [1.165, 1.54) is 17.0 Å². The topological polar surface area (TPSA) is 60.9 Å².